The number of nitrogens with zero attached hydrogens (tertiary/aromatic N) is 3. The van der Waals surface area contributed by atoms with Crippen LogP contribution in [-0.4, -0.2) is 57.8 Å². The van der Waals surface area contributed by atoms with E-state index in [1.54, 1.807) is 12.5 Å². The molecule has 3 heterocycles. The van der Waals surface area contributed by atoms with Gasteiger partial charge >= 0.3 is 5.97 Å². The zero-order valence-electron chi connectivity index (χ0n) is 11.6. The number of carboxylic acid groups (broad SMARTS) is 1. The summed E-state index contributed by atoms with van der Waals surface area (Å²) < 4.78 is 4.85. The molecule has 0 aromatic carbocycles. The number of carbonyl (C=O) groups is 1. The molecule has 3 rings (SSSR count). The SMILES string of the molecule is O=C(O)C1CCCN1C1CCN(Cc2cnoc2)CC1. The molecule has 6 nitrogen and oxygen atoms in total. The van der Waals surface area contributed by atoms with E-state index in [1.807, 2.05) is 0 Å². The molecule has 2 aliphatic rings. The molecule has 1 N–H and O–H groups in total. The van der Waals surface area contributed by atoms with E-state index in [1.165, 1.54) is 0 Å². The van der Waals surface area contributed by atoms with E-state index in [0.29, 0.717) is 6.04 Å². The van der Waals surface area contributed by atoms with Crippen molar-refractivity contribution < 1.29 is 14.4 Å². The molecule has 20 heavy (non-hydrogen) atoms. The molecule has 0 spiro atoms. The molecule has 6 heteroatoms. The molecule has 1 atom stereocenters. The summed E-state index contributed by atoms with van der Waals surface area (Å²) in [4.78, 5) is 15.9. The topological polar surface area (TPSA) is 69.8 Å². The number of aromatic nitrogens is 1. The third kappa shape index (κ3) is 2.86. The fraction of sp³-hybridized carbons (Fsp3) is 0.714. The van der Waals surface area contributed by atoms with Crippen molar-refractivity contribution in [2.45, 2.75) is 44.3 Å². The van der Waals surface area contributed by atoms with Gasteiger partial charge in [-0.25, -0.2) is 0 Å². The molecule has 1 unspecified atom stereocenters. The van der Waals surface area contributed by atoms with Gasteiger partial charge in [0, 0.05) is 18.2 Å². The number of hydrogen-bond acceptors (Lipinski definition) is 5. The molecule has 0 saturated carbocycles. The molecule has 110 valence electrons. The summed E-state index contributed by atoms with van der Waals surface area (Å²) in [6.45, 7) is 3.84. The van der Waals surface area contributed by atoms with E-state index in [4.69, 9.17) is 4.52 Å². The number of piperidine rings is 1. The van der Waals surface area contributed by atoms with Gasteiger partial charge in [-0.1, -0.05) is 5.16 Å². The van der Waals surface area contributed by atoms with Crippen LogP contribution in [0.4, 0.5) is 0 Å². The van der Waals surface area contributed by atoms with Crippen LogP contribution in [0.2, 0.25) is 0 Å². The Morgan fingerprint density at radius 1 is 1.35 bits per heavy atom. The maximum atomic E-state index is 11.3. The highest BCUT2D eigenvalue weighted by molar-refractivity contribution is 5.73. The molecule has 1 aromatic heterocycles. The fourth-order valence-electron chi connectivity index (χ4n) is 3.46. The highest BCUT2D eigenvalue weighted by Crippen LogP contribution is 2.26. The first-order valence-corrected chi connectivity index (χ1v) is 7.33. The summed E-state index contributed by atoms with van der Waals surface area (Å²) in [5.74, 6) is -0.658. The summed E-state index contributed by atoms with van der Waals surface area (Å²) in [6.07, 6.45) is 7.36. The lowest BCUT2D eigenvalue weighted by atomic mass is 10.0. The van der Waals surface area contributed by atoms with Crippen LogP contribution in [0.3, 0.4) is 0 Å². The minimum Gasteiger partial charge on any atom is -0.480 e. The third-order valence-electron chi connectivity index (χ3n) is 4.50. The average Bonchev–Trinajstić information content (AvgIpc) is 3.10. The molecule has 0 aliphatic carbocycles. The van der Waals surface area contributed by atoms with Gasteiger partial charge in [0.2, 0.25) is 0 Å². The molecule has 2 saturated heterocycles. The van der Waals surface area contributed by atoms with Gasteiger partial charge in [-0.05, 0) is 45.3 Å². The lowest BCUT2D eigenvalue weighted by Gasteiger charge is -2.38. The first kappa shape index (κ1) is 13.6. The number of hydrogen-bond donors (Lipinski definition) is 1. The van der Waals surface area contributed by atoms with Crippen LogP contribution in [0.25, 0.3) is 0 Å². The van der Waals surface area contributed by atoms with Crippen molar-refractivity contribution in [3.05, 3.63) is 18.0 Å². The van der Waals surface area contributed by atoms with Crippen LogP contribution in [0.1, 0.15) is 31.2 Å². The zero-order valence-corrected chi connectivity index (χ0v) is 11.6. The van der Waals surface area contributed by atoms with Crippen molar-refractivity contribution in [2.24, 2.45) is 0 Å². The fourth-order valence-corrected chi connectivity index (χ4v) is 3.46. The standard InChI is InChI=1S/C14H21N3O3/c18-14(19)13-2-1-5-17(13)12-3-6-16(7-4-12)9-11-8-15-20-10-11/h8,10,12-13H,1-7,9H2,(H,18,19). The Hall–Kier alpha value is -1.40. The van der Waals surface area contributed by atoms with E-state index >= 15 is 0 Å². The number of likely N-dealkylation sites (tertiary alicyclic amines) is 2. The van der Waals surface area contributed by atoms with Crippen molar-refractivity contribution in [1.82, 2.24) is 15.0 Å². The minimum absolute atomic E-state index is 0.260. The van der Waals surface area contributed by atoms with Crippen LogP contribution < -0.4 is 0 Å². The van der Waals surface area contributed by atoms with E-state index < -0.39 is 5.97 Å². The van der Waals surface area contributed by atoms with Gasteiger partial charge in [0.1, 0.15) is 12.3 Å². The third-order valence-corrected chi connectivity index (χ3v) is 4.50. The molecule has 2 aliphatic heterocycles. The molecule has 1 aromatic rings. The summed E-state index contributed by atoms with van der Waals surface area (Å²) in [6, 6.07) is 0.168. The van der Waals surface area contributed by atoms with Crippen LogP contribution >= 0.6 is 0 Å². The summed E-state index contributed by atoms with van der Waals surface area (Å²) >= 11 is 0. The second kappa shape index (κ2) is 5.93. The second-order valence-electron chi connectivity index (χ2n) is 5.77. The van der Waals surface area contributed by atoms with E-state index in [-0.39, 0.29) is 6.04 Å². The number of carboxylic acids is 1. The normalized spacial score (nSPS) is 26.1. The van der Waals surface area contributed by atoms with Crippen molar-refractivity contribution >= 4 is 5.97 Å². The highest BCUT2D eigenvalue weighted by atomic mass is 16.5. The predicted octanol–water partition coefficient (Wildman–Crippen LogP) is 1.19. The predicted molar refractivity (Wildman–Crippen MR) is 72.2 cm³/mol. The first-order valence-electron chi connectivity index (χ1n) is 7.33. The van der Waals surface area contributed by atoms with E-state index in [0.717, 1.165) is 57.4 Å². The van der Waals surface area contributed by atoms with Crippen LogP contribution in [-0.2, 0) is 11.3 Å². The smallest absolute Gasteiger partial charge is 0.320 e. The lowest BCUT2D eigenvalue weighted by molar-refractivity contribution is -0.143. The van der Waals surface area contributed by atoms with Gasteiger partial charge in [0.25, 0.3) is 0 Å². The largest absolute Gasteiger partial charge is 0.480 e. The summed E-state index contributed by atoms with van der Waals surface area (Å²) in [5.41, 5.74) is 1.10. The maximum Gasteiger partial charge on any atom is 0.320 e. The Morgan fingerprint density at radius 2 is 2.15 bits per heavy atom. The monoisotopic (exact) mass is 279 g/mol. The zero-order chi connectivity index (χ0) is 13.9. The highest BCUT2D eigenvalue weighted by Gasteiger charge is 2.36. The van der Waals surface area contributed by atoms with Crippen molar-refractivity contribution in [2.75, 3.05) is 19.6 Å². The average molecular weight is 279 g/mol. The van der Waals surface area contributed by atoms with Crippen molar-refractivity contribution in [3.8, 4) is 0 Å². The number of aliphatic carboxylic acids is 1. The molecular weight excluding hydrogens is 258 g/mol. The van der Waals surface area contributed by atoms with Gasteiger partial charge in [-0.2, -0.15) is 0 Å². The lowest BCUT2D eigenvalue weighted by Crippen LogP contribution is -2.48. The quantitative estimate of drug-likeness (QED) is 0.892. The van der Waals surface area contributed by atoms with Crippen molar-refractivity contribution in [3.63, 3.8) is 0 Å². The van der Waals surface area contributed by atoms with Gasteiger partial charge in [0.15, 0.2) is 0 Å². The molecule has 0 amide bonds. The van der Waals surface area contributed by atoms with Gasteiger partial charge < -0.3 is 9.63 Å². The minimum atomic E-state index is -0.658. The maximum absolute atomic E-state index is 11.3. The van der Waals surface area contributed by atoms with E-state index in [9.17, 15) is 9.90 Å². The van der Waals surface area contributed by atoms with Crippen LogP contribution in [0, 0.1) is 0 Å². The Bertz CT molecular complexity index is 441. The first-order chi connectivity index (χ1) is 9.74. The molecular formula is C14H21N3O3. The Labute approximate surface area is 118 Å². The van der Waals surface area contributed by atoms with Gasteiger partial charge in [-0.15, -0.1) is 0 Å². The van der Waals surface area contributed by atoms with Gasteiger partial charge in [-0.3, -0.25) is 14.6 Å². The molecule has 0 bridgehead atoms. The number of rotatable bonds is 4. The molecule has 0 radical (unpaired) electrons. The van der Waals surface area contributed by atoms with Crippen LogP contribution in [0.15, 0.2) is 17.0 Å². The Balaban J connectivity index is 1.52. The van der Waals surface area contributed by atoms with Gasteiger partial charge in [0.05, 0.1) is 6.20 Å². The second-order valence-corrected chi connectivity index (χ2v) is 5.77. The van der Waals surface area contributed by atoms with Crippen molar-refractivity contribution in [1.29, 1.82) is 0 Å². The van der Waals surface area contributed by atoms with E-state index in [2.05, 4.69) is 15.0 Å². The summed E-state index contributed by atoms with van der Waals surface area (Å²) in [7, 11) is 0. The summed E-state index contributed by atoms with van der Waals surface area (Å²) in [5, 5.41) is 13.0. The Kier molecular flexibility index (Phi) is 4.03. The Morgan fingerprint density at radius 3 is 2.80 bits per heavy atom. The molecule has 2 fully saturated rings. The van der Waals surface area contributed by atoms with Crippen LogP contribution in [0.5, 0.6) is 0 Å².